The molecule has 3 aromatic carbocycles. The molecular formula is C25H25N5O2S. The lowest BCUT2D eigenvalue weighted by Crippen LogP contribution is -2.19. The molecule has 0 unspecified atom stereocenters. The molecule has 0 radical (unpaired) electrons. The van der Waals surface area contributed by atoms with Crippen LogP contribution in [0.25, 0.3) is 11.0 Å². The standard InChI is InChI=1S/C25H25N5O2S/c1-29(2)14-15-30-24-13-12-21(28-33(31,32)22-6-4-3-5-7-22)17-23(24)27-25(30)16-19-8-10-20(18-26)11-9-19/h3-13,17,28H,14-16H2,1-2H3. The van der Waals surface area contributed by atoms with Gasteiger partial charge < -0.3 is 9.47 Å². The number of fused-ring (bicyclic) bond motifs is 1. The molecule has 0 spiro atoms. The zero-order valence-corrected chi connectivity index (χ0v) is 19.4. The van der Waals surface area contributed by atoms with Crippen LogP contribution < -0.4 is 4.72 Å². The fourth-order valence-electron chi connectivity index (χ4n) is 3.62. The molecule has 0 aliphatic carbocycles. The fraction of sp³-hybridized carbons (Fsp3) is 0.200. The van der Waals surface area contributed by atoms with Gasteiger partial charge in [-0.25, -0.2) is 13.4 Å². The third kappa shape index (κ3) is 5.22. The second-order valence-corrected chi connectivity index (χ2v) is 9.77. The molecule has 0 aliphatic rings. The zero-order chi connectivity index (χ0) is 23.4. The summed E-state index contributed by atoms with van der Waals surface area (Å²) in [5.74, 6) is 0.889. The molecule has 1 N–H and O–H groups in total. The highest BCUT2D eigenvalue weighted by molar-refractivity contribution is 7.92. The first kappa shape index (κ1) is 22.5. The Morgan fingerprint density at radius 1 is 1.03 bits per heavy atom. The van der Waals surface area contributed by atoms with Crippen molar-refractivity contribution in [2.75, 3.05) is 25.4 Å². The van der Waals surface area contributed by atoms with Crippen LogP contribution in [0.5, 0.6) is 0 Å². The van der Waals surface area contributed by atoms with E-state index < -0.39 is 10.0 Å². The van der Waals surface area contributed by atoms with E-state index in [0.29, 0.717) is 17.7 Å². The van der Waals surface area contributed by atoms with Gasteiger partial charge in [0, 0.05) is 19.5 Å². The number of likely N-dealkylation sites (N-methyl/N-ethyl adjacent to an activating group) is 1. The summed E-state index contributed by atoms with van der Waals surface area (Å²) >= 11 is 0. The number of sulfonamides is 1. The van der Waals surface area contributed by atoms with E-state index in [4.69, 9.17) is 10.2 Å². The van der Waals surface area contributed by atoms with Gasteiger partial charge in [0.05, 0.1) is 33.2 Å². The van der Waals surface area contributed by atoms with E-state index in [0.717, 1.165) is 35.5 Å². The third-order valence-corrected chi connectivity index (χ3v) is 6.75. The van der Waals surface area contributed by atoms with Crippen LogP contribution in [0, 0.1) is 11.3 Å². The van der Waals surface area contributed by atoms with Crippen LogP contribution in [0.3, 0.4) is 0 Å². The van der Waals surface area contributed by atoms with Gasteiger partial charge in [0.15, 0.2) is 0 Å². The van der Waals surface area contributed by atoms with Crippen molar-refractivity contribution in [3.8, 4) is 6.07 Å². The highest BCUT2D eigenvalue weighted by Gasteiger charge is 2.16. The number of imidazole rings is 1. The number of hydrogen-bond donors (Lipinski definition) is 1. The Hall–Kier alpha value is -3.67. The Labute approximate surface area is 194 Å². The molecule has 0 saturated heterocycles. The molecule has 1 aromatic heterocycles. The van der Waals surface area contributed by atoms with Gasteiger partial charge in [-0.05, 0) is 62.1 Å². The minimum atomic E-state index is -3.68. The molecule has 4 aromatic rings. The van der Waals surface area contributed by atoms with Crippen molar-refractivity contribution in [1.29, 1.82) is 5.26 Å². The largest absolute Gasteiger partial charge is 0.326 e. The molecule has 168 valence electrons. The van der Waals surface area contributed by atoms with E-state index in [1.807, 2.05) is 32.3 Å². The minimum Gasteiger partial charge on any atom is -0.326 e. The predicted molar refractivity (Wildman–Crippen MR) is 130 cm³/mol. The fourth-order valence-corrected chi connectivity index (χ4v) is 4.69. The average Bonchev–Trinajstić information content (AvgIpc) is 3.14. The molecule has 1 heterocycles. The first-order valence-electron chi connectivity index (χ1n) is 10.6. The second kappa shape index (κ2) is 9.45. The quantitative estimate of drug-likeness (QED) is 0.432. The summed E-state index contributed by atoms with van der Waals surface area (Å²) in [7, 11) is 0.368. The first-order valence-corrected chi connectivity index (χ1v) is 12.0. The summed E-state index contributed by atoms with van der Waals surface area (Å²) in [4.78, 5) is 7.16. The van der Waals surface area contributed by atoms with Crippen molar-refractivity contribution >= 4 is 26.7 Å². The van der Waals surface area contributed by atoms with Crippen molar-refractivity contribution in [2.24, 2.45) is 0 Å². The van der Waals surface area contributed by atoms with Gasteiger partial charge >= 0.3 is 0 Å². The molecule has 33 heavy (non-hydrogen) atoms. The van der Waals surface area contributed by atoms with E-state index in [9.17, 15) is 8.42 Å². The van der Waals surface area contributed by atoms with Gasteiger partial charge in [-0.3, -0.25) is 4.72 Å². The SMILES string of the molecule is CN(C)CCn1c(Cc2ccc(C#N)cc2)nc2cc(NS(=O)(=O)c3ccccc3)ccc21. The Morgan fingerprint density at radius 3 is 2.42 bits per heavy atom. The van der Waals surface area contributed by atoms with E-state index >= 15 is 0 Å². The molecular weight excluding hydrogens is 434 g/mol. The highest BCUT2D eigenvalue weighted by atomic mass is 32.2. The van der Waals surface area contributed by atoms with Crippen molar-refractivity contribution in [3.05, 3.63) is 89.7 Å². The van der Waals surface area contributed by atoms with E-state index in [2.05, 4.69) is 20.3 Å². The number of hydrogen-bond acceptors (Lipinski definition) is 5. The molecule has 7 nitrogen and oxygen atoms in total. The van der Waals surface area contributed by atoms with Gasteiger partial charge in [-0.15, -0.1) is 0 Å². The van der Waals surface area contributed by atoms with E-state index in [1.54, 1.807) is 54.6 Å². The lowest BCUT2D eigenvalue weighted by Gasteiger charge is -2.14. The van der Waals surface area contributed by atoms with Gasteiger partial charge in [0.2, 0.25) is 0 Å². The smallest absolute Gasteiger partial charge is 0.261 e. The van der Waals surface area contributed by atoms with Crippen LogP contribution in [-0.2, 0) is 23.0 Å². The predicted octanol–water partition coefficient (Wildman–Crippen LogP) is 3.86. The number of rotatable bonds is 8. The first-order chi connectivity index (χ1) is 15.9. The van der Waals surface area contributed by atoms with E-state index in [1.165, 1.54) is 0 Å². The maximum Gasteiger partial charge on any atom is 0.261 e. The Balaban J connectivity index is 1.68. The summed E-state index contributed by atoms with van der Waals surface area (Å²) in [6, 6.07) is 23.4. The number of nitrogens with one attached hydrogen (secondary N) is 1. The van der Waals surface area contributed by atoms with Crippen molar-refractivity contribution in [2.45, 2.75) is 17.9 Å². The molecule has 4 rings (SSSR count). The number of benzene rings is 3. The second-order valence-electron chi connectivity index (χ2n) is 8.09. The Kier molecular flexibility index (Phi) is 6.45. The molecule has 0 fully saturated rings. The van der Waals surface area contributed by atoms with Crippen LogP contribution >= 0.6 is 0 Å². The van der Waals surface area contributed by atoms with Crippen molar-refractivity contribution in [1.82, 2.24) is 14.5 Å². The van der Waals surface area contributed by atoms with Crippen LogP contribution in [0.4, 0.5) is 5.69 Å². The third-order valence-electron chi connectivity index (χ3n) is 5.35. The maximum absolute atomic E-state index is 12.7. The number of aromatic nitrogens is 2. The summed E-state index contributed by atoms with van der Waals surface area (Å²) in [6.07, 6.45) is 0.610. The minimum absolute atomic E-state index is 0.211. The van der Waals surface area contributed by atoms with Crippen LogP contribution in [-0.4, -0.2) is 43.5 Å². The van der Waals surface area contributed by atoms with Gasteiger partial charge in [-0.1, -0.05) is 30.3 Å². The van der Waals surface area contributed by atoms with Gasteiger partial charge in [0.25, 0.3) is 10.0 Å². The highest BCUT2D eigenvalue weighted by Crippen LogP contribution is 2.24. The Bertz CT molecular complexity index is 1400. The molecule has 0 aliphatic heterocycles. The summed E-state index contributed by atoms with van der Waals surface area (Å²) in [5.41, 5.74) is 3.82. The Morgan fingerprint density at radius 2 is 1.76 bits per heavy atom. The van der Waals surface area contributed by atoms with Crippen LogP contribution in [0.2, 0.25) is 0 Å². The lowest BCUT2D eigenvalue weighted by atomic mass is 10.1. The zero-order valence-electron chi connectivity index (χ0n) is 18.6. The summed E-state index contributed by atoms with van der Waals surface area (Å²) in [6.45, 7) is 1.60. The number of anilines is 1. The van der Waals surface area contributed by atoms with Crippen molar-refractivity contribution in [3.63, 3.8) is 0 Å². The van der Waals surface area contributed by atoms with Gasteiger partial charge in [0.1, 0.15) is 5.82 Å². The number of nitriles is 1. The topological polar surface area (TPSA) is 91.0 Å². The molecule has 8 heteroatoms. The van der Waals surface area contributed by atoms with E-state index in [-0.39, 0.29) is 4.90 Å². The van der Waals surface area contributed by atoms with Gasteiger partial charge in [-0.2, -0.15) is 5.26 Å². The molecule has 0 atom stereocenters. The molecule has 0 saturated carbocycles. The molecule has 0 amide bonds. The lowest BCUT2D eigenvalue weighted by molar-refractivity contribution is 0.384. The van der Waals surface area contributed by atoms with Crippen molar-refractivity contribution < 1.29 is 8.42 Å². The summed E-state index contributed by atoms with van der Waals surface area (Å²) in [5, 5.41) is 9.04. The molecule has 0 bridgehead atoms. The van der Waals surface area contributed by atoms with Crippen LogP contribution in [0.15, 0.2) is 77.7 Å². The number of nitrogens with zero attached hydrogens (tertiary/aromatic N) is 4. The van der Waals surface area contributed by atoms with Crippen LogP contribution in [0.1, 0.15) is 17.0 Å². The normalized spacial score (nSPS) is 11.6. The maximum atomic E-state index is 12.7. The monoisotopic (exact) mass is 459 g/mol. The average molecular weight is 460 g/mol. The summed E-state index contributed by atoms with van der Waals surface area (Å²) < 4.78 is 30.3.